The van der Waals surface area contributed by atoms with Crippen LogP contribution in [0, 0.1) is 6.92 Å². The quantitative estimate of drug-likeness (QED) is 0.816. The molecule has 0 saturated heterocycles. The number of nitrogens with one attached hydrogen (secondary N) is 1. The number of aromatic nitrogens is 2. The molecule has 0 aliphatic heterocycles. The second-order valence-corrected chi connectivity index (χ2v) is 7.30. The lowest BCUT2D eigenvalue weighted by Gasteiger charge is -2.18. The van der Waals surface area contributed by atoms with Gasteiger partial charge in [0.1, 0.15) is 5.82 Å². The van der Waals surface area contributed by atoms with E-state index < -0.39 is 10.0 Å². The summed E-state index contributed by atoms with van der Waals surface area (Å²) in [4.78, 5) is 7.10. The summed E-state index contributed by atoms with van der Waals surface area (Å²) in [5.74, 6) is 0.582. The number of aryl methyl sites for hydroxylation is 1. The predicted molar refractivity (Wildman–Crippen MR) is 80.5 cm³/mol. The first-order chi connectivity index (χ1) is 9.32. The summed E-state index contributed by atoms with van der Waals surface area (Å²) in [7, 11) is -2.10. The molecule has 1 heterocycles. The summed E-state index contributed by atoms with van der Waals surface area (Å²) in [6, 6.07) is 3.16. The lowest BCUT2D eigenvalue weighted by Crippen LogP contribution is -2.27. The minimum absolute atomic E-state index is 0.171. The third kappa shape index (κ3) is 2.87. The van der Waals surface area contributed by atoms with Gasteiger partial charge in [-0.25, -0.2) is 13.4 Å². The second-order valence-electron chi connectivity index (χ2n) is 4.44. The number of nitrogens with two attached hydrogens (primary N) is 1. The van der Waals surface area contributed by atoms with Gasteiger partial charge in [0.2, 0.25) is 10.0 Å². The zero-order chi connectivity index (χ0) is 14.9. The minimum atomic E-state index is -3.61. The van der Waals surface area contributed by atoms with Gasteiger partial charge in [0.25, 0.3) is 0 Å². The van der Waals surface area contributed by atoms with E-state index in [0.29, 0.717) is 21.5 Å². The number of imidazole rings is 1. The van der Waals surface area contributed by atoms with Gasteiger partial charge in [-0.2, -0.15) is 4.31 Å². The molecule has 2 rings (SSSR count). The molecule has 0 saturated carbocycles. The fourth-order valence-corrected chi connectivity index (χ4v) is 3.62. The van der Waals surface area contributed by atoms with Crippen LogP contribution in [0.25, 0.3) is 0 Å². The van der Waals surface area contributed by atoms with Crippen molar-refractivity contribution in [2.24, 2.45) is 0 Å². The van der Waals surface area contributed by atoms with E-state index in [1.54, 1.807) is 25.4 Å². The van der Waals surface area contributed by atoms with E-state index >= 15 is 0 Å². The number of hydrogen-bond acceptors (Lipinski definition) is 4. The Bertz CT molecular complexity index is 713. The first-order valence-electron chi connectivity index (χ1n) is 5.82. The van der Waals surface area contributed by atoms with Crippen molar-refractivity contribution in [3.63, 3.8) is 0 Å². The number of sulfonamides is 1. The summed E-state index contributed by atoms with van der Waals surface area (Å²) in [6.07, 6.45) is 3.23. The topological polar surface area (TPSA) is 92.1 Å². The van der Waals surface area contributed by atoms with Crippen LogP contribution in [0.2, 0.25) is 0 Å². The maximum absolute atomic E-state index is 12.6. The van der Waals surface area contributed by atoms with E-state index in [0.717, 1.165) is 0 Å². The fourth-order valence-electron chi connectivity index (χ4n) is 1.79. The van der Waals surface area contributed by atoms with E-state index in [-0.39, 0.29) is 11.4 Å². The summed E-state index contributed by atoms with van der Waals surface area (Å²) in [5.41, 5.74) is 6.80. The summed E-state index contributed by atoms with van der Waals surface area (Å²) >= 11 is 3.28. The molecule has 0 bridgehead atoms. The third-order valence-electron chi connectivity index (χ3n) is 2.91. The highest BCUT2D eigenvalue weighted by Crippen LogP contribution is 2.28. The van der Waals surface area contributed by atoms with E-state index in [1.165, 1.54) is 17.4 Å². The molecule has 6 nitrogen and oxygen atoms in total. The smallest absolute Gasteiger partial charge is 0.243 e. The highest BCUT2D eigenvalue weighted by atomic mass is 79.9. The van der Waals surface area contributed by atoms with Crippen molar-refractivity contribution in [2.75, 3.05) is 12.8 Å². The molecule has 8 heteroatoms. The standard InChI is InChI=1S/C12H15BrN4O2S/c1-8-5-9(13)10(14)6-11(8)20(18,19)17(2)7-12-15-3-4-16-12/h3-6H,7,14H2,1-2H3,(H,15,16). The number of anilines is 1. The van der Waals surface area contributed by atoms with Gasteiger partial charge in [-0.15, -0.1) is 0 Å². The molecule has 0 unspecified atom stereocenters. The fraction of sp³-hybridized carbons (Fsp3) is 0.250. The second kappa shape index (κ2) is 5.55. The van der Waals surface area contributed by atoms with Crippen LogP contribution >= 0.6 is 15.9 Å². The van der Waals surface area contributed by atoms with Crippen molar-refractivity contribution in [1.82, 2.24) is 14.3 Å². The van der Waals surface area contributed by atoms with Crippen LogP contribution < -0.4 is 5.73 Å². The molecule has 0 aliphatic rings. The van der Waals surface area contributed by atoms with Crippen LogP contribution in [-0.2, 0) is 16.6 Å². The van der Waals surface area contributed by atoms with Crippen molar-refractivity contribution in [3.8, 4) is 0 Å². The number of rotatable bonds is 4. The van der Waals surface area contributed by atoms with Crippen molar-refractivity contribution in [1.29, 1.82) is 0 Å². The maximum Gasteiger partial charge on any atom is 0.243 e. The molecule has 0 fully saturated rings. The molecule has 0 aliphatic carbocycles. The highest BCUT2D eigenvalue weighted by molar-refractivity contribution is 9.10. The van der Waals surface area contributed by atoms with Crippen molar-refractivity contribution in [3.05, 3.63) is 40.4 Å². The molecular weight excluding hydrogens is 344 g/mol. The van der Waals surface area contributed by atoms with Crippen molar-refractivity contribution in [2.45, 2.75) is 18.4 Å². The predicted octanol–water partition coefficient (Wildman–Crippen LogP) is 1.88. The average Bonchev–Trinajstić information content (AvgIpc) is 2.86. The molecule has 20 heavy (non-hydrogen) atoms. The molecular formula is C12H15BrN4O2S. The Morgan fingerprint density at radius 3 is 2.75 bits per heavy atom. The van der Waals surface area contributed by atoms with Crippen LogP contribution in [0.3, 0.4) is 0 Å². The monoisotopic (exact) mass is 358 g/mol. The van der Waals surface area contributed by atoms with Gasteiger partial charge in [0, 0.05) is 29.6 Å². The Morgan fingerprint density at radius 1 is 1.45 bits per heavy atom. The third-order valence-corrected chi connectivity index (χ3v) is 5.54. The lowest BCUT2D eigenvalue weighted by molar-refractivity contribution is 0.457. The first kappa shape index (κ1) is 15.0. The molecule has 108 valence electrons. The summed E-state index contributed by atoms with van der Waals surface area (Å²) < 4.78 is 27.0. The number of H-pyrrole nitrogens is 1. The first-order valence-corrected chi connectivity index (χ1v) is 8.06. The molecule has 2 aromatic rings. The van der Waals surface area contributed by atoms with E-state index in [1.807, 2.05) is 0 Å². The van der Waals surface area contributed by atoms with E-state index in [9.17, 15) is 8.42 Å². The van der Waals surface area contributed by atoms with Gasteiger partial charge in [-0.05, 0) is 40.5 Å². The summed E-state index contributed by atoms with van der Waals surface area (Å²) in [5, 5.41) is 0. The van der Waals surface area contributed by atoms with Crippen LogP contribution in [0.4, 0.5) is 5.69 Å². The number of nitrogens with zero attached hydrogens (tertiary/aromatic N) is 2. The molecule has 0 radical (unpaired) electrons. The number of hydrogen-bond donors (Lipinski definition) is 2. The number of nitrogen functional groups attached to an aromatic ring is 1. The SMILES string of the molecule is Cc1cc(Br)c(N)cc1S(=O)(=O)N(C)Cc1ncc[nH]1. The number of benzene rings is 1. The van der Waals surface area contributed by atoms with Crippen molar-refractivity contribution >= 4 is 31.6 Å². The van der Waals surface area contributed by atoms with Crippen LogP contribution in [0.1, 0.15) is 11.4 Å². The average molecular weight is 359 g/mol. The van der Waals surface area contributed by atoms with Crippen LogP contribution in [-0.4, -0.2) is 29.7 Å². The number of aromatic amines is 1. The van der Waals surface area contributed by atoms with E-state index in [4.69, 9.17) is 5.73 Å². The van der Waals surface area contributed by atoms with Crippen LogP contribution in [0.5, 0.6) is 0 Å². The molecule has 1 aromatic carbocycles. The van der Waals surface area contributed by atoms with Gasteiger partial charge in [-0.3, -0.25) is 0 Å². The van der Waals surface area contributed by atoms with Gasteiger partial charge < -0.3 is 10.7 Å². The Hall–Kier alpha value is -1.38. The largest absolute Gasteiger partial charge is 0.398 e. The van der Waals surface area contributed by atoms with Crippen LogP contribution in [0.15, 0.2) is 33.9 Å². The zero-order valence-electron chi connectivity index (χ0n) is 11.1. The Morgan fingerprint density at radius 2 is 2.15 bits per heavy atom. The number of halogens is 1. The molecule has 3 N–H and O–H groups in total. The molecule has 0 amide bonds. The van der Waals surface area contributed by atoms with Gasteiger partial charge in [0.15, 0.2) is 0 Å². The maximum atomic E-state index is 12.6. The lowest BCUT2D eigenvalue weighted by atomic mass is 10.2. The zero-order valence-corrected chi connectivity index (χ0v) is 13.5. The van der Waals surface area contributed by atoms with Gasteiger partial charge in [0.05, 0.1) is 11.4 Å². The Balaban J connectivity index is 2.37. The van der Waals surface area contributed by atoms with E-state index in [2.05, 4.69) is 25.9 Å². The van der Waals surface area contributed by atoms with Gasteiger partial charge >= 0.3 is 0 Å². The summed E-state index contributed by atoms with van der Waals surface area (Å²) in [6.45, 7) is 1.91. The molecule has 1 aromatic heterocycles. The minimum Gasteiger partial charge on any atom is -0.398 e. The molecule has 0 atom stereocenters. The van der Waals surface area contributed by atoms with Gasteiger partial charge in [-0.1, -0.05) is 0 Å². The van der Waals surface area contributed by atoms with Crippen molar-refractivity contribution < 1.29 is 8.42 Å². The Labute approximate surface area is 126 Å². The molecule has 0 spiro atoms. The normalized spacial score (nSPS) is 12.0. The Kier molecular flexibility index (Phi) is 4.17. The highest BCUT2D eigenvalue weighted by Gasteiger charge is 2.24.